The maximum Gasteiger partial charge on any atom is 0.209 e. The third kappa shape index (κ3) is 4.18. The molecule has 1 atom stereocenters. The number of aromatic nitrogens is 2. The van der Waals surface area contributed by atoms with E-state index in [2.05, 4.69) is 178 Å². The number of hydrogen-bond donors (Lipinski definition) is 1. The minimum atomic E-state index is -0.0627. The fourth-order valence-corrected chi connectivity index (χ4v) is 8.11. The van der Waals surface area contributed by atoms with Gasteiger partial charge in [0.1, 0.15) is 11.2 Å². The van der Waals surface area contributed by atoms with Gasteiger partial charge in [0.2, 0.25) is 5.96 Å². The lowest BCUT2D eigenvalue weighted by Gasteiger charge is -2.25. The van der Waals surface area contributed by atoms with Gasteiger partial charge in [0, 0.05) is 43.6 Å². The summed E-state index contributed by atoms with van der Waals surface area (Å²) >= 11 is 0. The molecule has 1 unspecified atom stereocenters. The zero-order valence-corrected chi connectivity index (χ0v) is 27.5. The molecule has 51 heavy (non-hydrogen) atoms. The molecule has 0 fully saturated rings. The van der Waals surface area contributed by atoms with Gasteiger partial charge in [0.15, 0.2) is 0 Å². The molecule has 1 aliphatic rings. The van der Waals surface area contributed by atoms with E-state index >= 15 is 0 Å². The average molecular weight is 655 g/mol. The normalized spacial score (nSPS) is 14.9. The topological polar surface area (TPSA) is 47.4 Å². The Morgan fingerprint density at radius 1 is 0.490 bits per heavy atom. The third-order valence-corrected chi connectivity index (χ3v) is 10.4. The standard InChI is InChI=1S/C46H30N4O/c1-4-14-29(15-5-1)36-27-37(30-16-6-2-7-17-30)48-46(47-36)50-38-22-12-10-20-32(38)34-26-35-41(28-40(34)50)49(31-18-8-3-9-19-31)39-24-25-43-45(44(35)39)33-21-11-13-23-42(33)51-43/h1-28,36H,(H,47,48). The van der Waals surface area contributed by atoms with Crippen molar-refractivity contribution in [2.75, 3.05) is 0 Å². The molecule has 10 aromatic rings. The Hall–Kier alpha value is -6.85. The summed E-state index contributed by atoms with van der Waals surface area (Å²) in [5.74, 6) is 0.793. The van der Waals surface area contributed by atoms with Crippen molar-refractivity contribution in [3.8, 4) is 5.69 Å². The fraction of sp³-hybridized carbons (Fsp3) is 0.0217. The van der Waals surface area contributed by atoms with Gasteiger partial charge in [-0.1, -0.05) is 115 Å². The predicted molar refractivity (Wildman–Crippen MR) is 211 cm³/mol. The summed E-state index contributed by atoms with van der Waals surface area (Å²) in [4.78, 5) is 5.35. The Bertz CT molecular complexity index is 3040. The summed E-state index contributed by atoms with van der Waals surface area (Å²) in [7, 11) is 0. The SMILES string of the molecule is C1=C(c2ccccc2)N=C(n2c3ccccc3c3cc4c5c6c(ccc5n(-c5ccccc5)c4cc32)oc2ccccc26)NC1c1ccccc1. The number of aliphatic imine (C=N–C) groups is 1. The highest BCUT2D eigenvalue weighted by molar-refractivity contribution is 6.30. The third-order valence-electron chi connectivity index (χ3n) is 10.4. The highest BCUT2D eigenvalue weighted by Crippen LogP contribution is 2.44. The molecule has 0 aliphatic carbocycles. The number of hydrogen-bond acceptors (Lipinski definition) is 3. The number of para-hydroxylation sites is 3. The Labute approximate surface area is 293 Å². The van der Waals surface area contributed by atoms with Crippen LogP contribution in [-0.2, 0) is 0 Å². The summed E-state index contributed by atoms with van der Waals surface area (Å²) in [5, 5.41) is 10.8. The van der Waals surface area contributed by atoms with Gasteiger partial charge in [-0.3, -0.25) is 4.57 Å². The van der Waals surface area contributed by atoms with Crippen molar-refractivity contribution in [1.82, 2.24) is 14.5 Å². The molecule has 3 aromatic heterocycles. The number of benzene rings is 7. The molecule has 5 heteroatoms. The van der Waals surface area contributed by atoms with Crippen LogP contribution in [0.4, 0.5) is 0 Å². The van der Waals surface area contributed by atoms with Gasteiger partial charge in [0.25, 0.3) is 0 Å². The number of furan rings is 1. The van der Waals surface area contributed by atoms with Crippen molar-refractivity contribution < 1.29 is 4.42 Å². The van der Waals surface area contributed by atoms with Gasteiger partial charge in [-0.15, -0.1) is 0 Å². The molecule has 11 rings (SSSR count). The van der Waals surface area contributed by atoms with E-state index < -0.39 is 0 Å². The Morgan fingerprint density at radius 2 is 1.18 bits per heavy atom. The zero-order valence-electron chi connectivity index (χ0n) is 27.5. The quantitative estimate of drug-likeness (QED) is 0.206. The monoisotopic (exact) mass is 654 g/mol. The number of nitrogens with one attached hydrogen (secondary N) is 1. The lowest BCUT2D eigenvalue weighted by molar-refractivity contribution is 0.669. The van der Waals surface area contributed by atoms with Crippen LogP contribution in [0.5, 0.6) is 0 Å². The van der Waals surface area contributed by atoms with Crippen LogP contribution in [0.3, 0.4) is 0 Å². The summed E-state index contributed by atoms with van der Waals surface area (Å²) < 4.78 is 11.1. The highest BCUT2D eigenvalue weighted by Gasteiger charge is 2.25. The van der Waals surface area contributed by atoms with E-state index in [9.17, 15) is 0 Å². The smallest absolute Gasteiger partial charge is 0.209 e. The number of rotatable bonds is 3. The second kappa shape index (κ2) is 10.8. The van der Waals surface area contributed by atoms with Crippen molar-refractivity contribution in [2.45, 2.75) is 6.04 Å². The average Bonchev–Trinajstić information content (AvgIpc) is 3.85. The van der Waals surface area contributed by atoms with E-state index in [1.165, 1.54) is 27.1 Å². The molecule has 0 spiro atoms. The van der Waals surface area contributed by atoms with E-state index in [1.54, 1.807) is 0 Å². The van der Waals surface area contributed by atoms with Crippen LogP contribution in [0.2, 0.25) is 0 Å². The first-order chi connectivity index (χ1) is 25.3. The van der Waals surface area contributed by atoms with Crippen molar-refractivity contribution in [3.63, 3.8) is 0 Å². The van der Waals surface area contributed by atoms with Crippen LogP contribution in [0, 0.1) is 0 Å². The molecular formula is C46H30N4O. The van der Waals surface area contributed by atoms with Crippen LogP contribution < -0.4 is 5.32 Å². The molecule has 7 aromatic carbocycles. The van der Waals surface area contributed by atoms with E-state index in [1.807, 2.05) is 6.07 Å². The molecule has 1 aliphatic heterocycles. The first-order valence-electron chi connectivity index (χ1n) is 17.3. The van der Waals surface area contributed by atoms with Gasteiger partial charge >= 0.3 is 0 Å². The molecular weight excluding hydrogens is 625 g/mol. The lowest BCUT2D eigenvalue weighted by atomic mass is 10.0. The number of fused-ring (bicyclic) bond motifs is 10. The lowest BCUT2D eigenvalue weighted by Crippen LogP contribution is -2.35. The second-order valence-corrected chi connectivity index (χ2v) is 13.2. The fourth-order valence-electron chi connectivity index (χ4n) is 8.11. The van der Waals surface area contributed by atoms with Gasteiger partial charge < -0.3 is 14.3 Å². The summed E-state index contributed by atoms with van der Waals surface area (Å²) in [5.41, 5.74) is 10.6. The van der Waals surface area contributed by atoms with Gasteiger partial charge in [-0.25, -0.2) is 4.99 Å². The maximum absolute atomic E-state index is 6.42. The van der Waals surface area contributed by atoms with E-state index in [4.69, 9.17) is 9.41 Å². The van der Waals surface area contributed by atoms with Gasteiger partial charge in [-0.05, 0) is 60.2 Å². The molecule has 0 saturated carbocycles. The Morgan fingerprint density at radius 3 is 2.00 bits per heavy atom. The van der Waals surface area contributed by atoms with Crippen molar-refractivity contribution >= 4 is 77.2 Å². The van der Waals surface area contributed by atoms with Crippen molar-refractivity contribution in [1.29, 1.82) is 0 Å². The zero-order chi connectivity index (χ0) is 33.5. The Balaban J connectivity index is 1.26. The molecule has 0 radical (unpaired) electrons. The van der Waals surface area contributed by atoms with Crippen LogP contribution in [0.1, 0.15) is 17.2 Å². The molecule has 0 bridgehead atoms. The second-order valence-electron chi connectivity index (χ2n) is 13.2. The minimum absolute atomic E-state index is 0.0627. The molecule has 5 nitrogen and oxygen atoms in total. The van der Waals surface area contributed by atoms with Crippen LogP contribution in [0.25, 0.3) is 76.9 Å². The predicted octanol–water partition coefficient (Wildman–Crippen LogP) is 11.4. The molecule has 4 heterocycles. The van der Waals surface area contributed by atoms with Crippen LogP contribution in [0.15, 0.2) is 179 Å². The van der Waals surface area contributed by atoms with E-state index in [0.29, 0.717) is 0 Å². The molecule has 1 N–H and O–H groups in total. The van der Waals surface area contributed by atoms with Gasteiger partial charge in [0.05, 0.1) is 33.8 Å². The maximum atomic E-state index is 6.42. The van der Waals surface area contributed by atoms with Crippen molar-refractivity contribution in [2.24, 2.45) is 4.99 Å². The summed E-state index contributed by atoms with van der Waals surface area (Å²) in [6.45, 7) is 0. The van der Waals surface area contributed by atoms with E-state index in [0.717, 1.165) is 66.9 Å². The minimum Gasteiger partial charge on any atom is -0.456 e. The Kier molecular flexibility index (Phi) is 5.95. The molecule has 0 amide bonds. The van der Waals surface area contributed by atoms with Crippen molar-refractivity contribution in [3.05, 3.63) is 181 Å². The molecule has 0 saturated heterocycles. The first-order valence-corrected chi connectivity index (χ1v) is 17.3. The first kappa shape index (κ1) is 28.0. The summed E-state index contributed by atoms with van der Waals surface area (Å²) in [6.07, 6.45) is 2.23. The summed E-state index contributed by atoms with van der Waals surface area (Å²) in [6, 6.07) is 57.8. The molecule has 240 valence electrons. The van der Waals surface area contributed by atoms with E-state index in [-0.39, 0.29) is 6.04 Å². The van der Waals surface area contributed by atoms with Gasteiger partial charge in [-0.2, -0.15) is 0 Å². The largest absolute Gasteiger partial charge is 0.456 e. The number of nitrogens with zero attached hydrogens (tertiary/aromatic N) is 3. The van der Waals surface area contributed by atoms with Crippen LogP contribution >= 0.6 is 0 Å². The highest BCUT2D eigenvalue weighted by atomic mass is 16.3. The van der Waals surface area contributed by atoms with Crippen LogP contribution in [-0.4, -0.2) is 15.1 Å².